The number of aromatic nitrogens is 2. The number of hydrogen-bond acceptors (Lipinski definition) is 5. The van der Waals surface area contributed by atoms with E-state index in [-0.39, 0.29) is 6.54 Å². The molecule has 4 rings (SSSR count). The number of halogens is 3. The highest BCUT2D eigenvalue weighted by Crippen LogP contribution is 2.31. The lowest BCUT2D eigenvalue weighted by Gasteiger charge is -2.10. The van der Waals surface area contributed by atoms with E-state index in [4.69, 9.17) is 4.42 Å². The molecular weight excluding hydrogens is 419 g/mol. The van der Waals surface area contributed by atoms with Crippen molar-refractivity contribution in [3.8, 4) is 10.8 Å². The van der Waals surface area contributed by atoms with Gasteiger partial charge in [0.25, 0.3) is 5.56 Å². The van der Waals surface area contributed by atoms with Gasteiger partial charge in [-0.05, 0) is 36.4 Å². The van der Waals surface area contributed by atoms with Crippen LogP contribution in [0.25, 0.3) is 21.0 Å². The first-order valence-electron chi connectivity index (χ1n) is 8.79. The molecule has 0 fully saturated rings. The fourth-order valence-electron chi connectivity index (χ4n) is 2.84. The van der Waals surface area contributed by atoms with Gasteiger partial charge in [-0.3, -0.25) is 9.59 Å². The van der Waals surface area contributed by atoms with E-state index in [9.17, 15) is 22.8 Å². The second-order valence-corrected chi connectivity index (χ2v) is 7.41. The lowest BCUT2D eigenvalue weighted by molar-refractivity contribution is -0.139. The maximum Gasteiger partial charge on any atom is 0.421 e. The minimum absolute atomic E-state index is 0.0252. The van der Waals surface area contributed by atoms with E-state index in [0.29, 0.717) is 27.2 Å². The number of amides is 1. The van der Waals surface area contributed by atoms with Gasteiger partial charge in [-0.1, -0.05) is 12.1 Å². The fraction of sp³-hybridized carbons (Fsp3) is 0.150. The molecule has 0 aliphatic carbocycles. The molecule has 0 unspecified atom stereocenters. The third-order valence-electron chi connectivity index (χ3n) is 4.27. The number of benzene rings is 1. The molecule has 0 saturated heterocycles. The van der Waals surface area contributed by atoms with Crippen LogP contribution >= 0.6 is 11.3 Å². The normalized spacial score (nSPS) is 11.7. The first kappa shape index (κ1) is 19.9. The summed E-state index contributed by atoms with van der Waals surface area (Å²) < 4.78 is 45.9. The first-order valence-corrected chi connectivity index (χ1v) is 9.61. The van der Waals surface area contributed by atoms with Gasteiger partial charge < -0.3 is 14.3 Å². The summed E-state index contributed by atoms with van der Waals surface area (Å²) in [6, 6.07) is 12.8. The summed E-state index contributed by atoms with van der Waals surface area (Å²) in [5.41, 5.74) is -1.73. The highest BCUT2D eigenvalue weighted by Gasteiger charge is 2.34. The standard InChI is InChI=1S/C20H14F3N3O3S/c21-20(22,23)13-4-3-9-26(19(13)28)11-17(27)24-10-12-7-8-15(29-12)18-25-14-5-1-2-6-16(14)30-18/h1-9H,10-11H2,(H,24,27). The fourth-order valence-corrected chi connectivity index (χ4v) is 3.77. The summed E-state index contributed by atoms with van der Waals surface area (Å²) in [6.07, 6.45) is -3.64. The smallest absolute Gasteiger partial charge is 0.421 e. The summed E-state index contributed by atoms with van der Waals surface area (Å²) in [5, 5.41) is 3.23. The Labute approximate surface area is 171 Å². The predicted octanol–water partition coefficient (Wildman–Crippen LogP) is 4.05. The van der Waals surface area contributed by atoms with Gasteiger partial charge in [0.1, 0.15) is 17.9 Å². The van der Waals surface area contributed by atoms with Crippen LogP contribution in [0.4, 0.5) is 13.2 Å². The van der Waals surface area contributed by atoms with Crippen molar-refractivity contribution in [3.05, 3.63) is 76.4 Å². The van der Waals surface area contributed by atoms with Gasteiger partial charge in [0.15, 0.2) is 10.8 Å². The summed E-state index contributed by atoms with van der Waals surface area (Å²) in [4.78, 5) is 28.5. The number of nitrogens with zero attached hydrogens (tertiary/aromatic N) is 2. The largest absolute Gasteiger partial charge is 0.457 e. The zero-order chi connectivity index (χ0) is 21.3. The Balaban J connectivity index is 1.41. The van der Waals surface area contributed by atoms with Gasteiger partial charge >= 0.3 is 6.18 Å². The molecule has 0 bridgehead atoms. The second kappa shape index (κ2) is 7.79. The van der Waals surface area contributed by atoms with Crippen LogP contribution in [0.3, 0.4) is 0 Å². The van der Waals surface area contributed by atoms with Crippen molar-refractivity contribution in [1.29, 1.82) is 0 Å². The van der Waals surface area contributed by atoms with Crippen LogP contribution in [0, 0.1) is 0 Å². The molecule has 0 atom stereocenters. The number of pyridine rings is 1. The molecule has 30 heavy (non-hydrogen) atoms. The zero-order valence-corrected chi connectivity index (χ0v) is 16.1. The highest BCUT2D eigenvalue weighted by molar-refractivity contribution is 7.21. The van der Waals surface area contributed by atoms with Crippen molar-refractivity contribution in [2.45, 2.75) is 19.3 Å². The third kappa shape index (κ3) is 4.13. The van der Waals surface area contributed by atoms with Crippen LogP contribution in [-0.4, -0.2) is 15.5 Å². The Kier molecular flexibility index (Phi) is 5.17. The van der Waals surface area contributed by atoms with Crippen molar-refractivity contribution in [3.63, 3.8) is 0 Å². The minimum atomic E-state index is -4.78. The molecule has 0 aliphatic heterocycles. The van der Waals surface area contributed by atoms with E-state index in [1.165, 1.54) is 11.3 Å². The molecule has 3 heterocycles. The average molecular weight is 433 g/mol. The van der Waals surface area contributed by atoms with Gasteiger partial charge in [-0.25, -0.2) is 4.98 Å². The maximum absolute atomic E-state index is 12.8. The van der Waals surface area contributed by atoms with Crippen LogP contribution in [-0.2, 0) is 24.1 Å². The molecule has 1 amide bonds. The monoisotopic (exact) mass is 433 g/mol. The SMILES string of the molecule is O=C(Cn1cccc(C(F)(F)F)c1=O)NCc1ccc(-c2nc3ccccc3s2)o1. The molecule has 3 aromatic heterocycles. The molecule has 10 heteroatoms. The summed E-state index contributed by atoms with van der Waals surface area (Å²) in [6.45, 7) is -0.508. The van der Waals surface area contributed by atoms with Crippen molar-refractivity contribution >= 4 is 27.5 Å². The van der Waals surface area contributed by atoms with E-state index in [1.54, 1.807) is 12.1 Å². The van der Waals surface area contributed by atoms with E-state index >= 15 is 0 Å². The third-order valence-corrected chi connectivity index (χ3v) is 5.32. The van der Waals surface area contributed by atoms with Crippen LogP contribution in [0.2, 0.25) is 0 Å². The van der Waals surface area contributed by atoms with Gasteiger partial charge in [-0.2, -0.15) is 13.2 Å². The highest BCUT2D eigenvalue weighted by atomic mass is 32.1. The number of hydrogen-bond donors (Lipinski definition) is 1. The van der Waals surface area contributed by atoms with Crippen LogP contribution in [0.15, 0.2) is 63.9 Å². The molecule has 1 N–H and O–H groups in total. The summed E-state index contributed by atoms with van der Waals surface area (Å²) in [5.74, 6) is 0.387. The molecule has 154 valence electrons. The maximum atomic E-state index is 12.8. The molecule has 0 saturated carbocycles. The number of para-hydroxylation sites is 1. The molecule has 0 spiro atoms. The average Bonchev–Trinajstić information content (AvgIpc) is 3.33. The first-order chi connectivity index (χ1) is 14.3. The zero-order valence-electron chi connectivity index (χ0n) is 15.3. The van der Waals surface area contributed by atoms with Crippen LogP contribution < -0.4 is 10.9 Å². The van der Waals surface area contributed by atoms with E-state index in [2.05, 4.69) is 10.3 Å². The van der Waals surface area contributed by atoms with Crippen molar-refractivity contribution < 1.29 is 22.4 Å². The number of fused-ring (bicyclic) bond motifs is 1. The molecular formula is C20H14F3N3O3S. The lowest BCUT2D eigenvalue weighted by atomic mass is 10.2. The summed E-state index contributed by atoms with van der Waals surface area (Å²) >= 11 is 1.47. The lowest BCUT2D eigenvalue weighted by Crippen LogP contribution is -2.34. The van der Waals surface area contributed by atoms with E-state index in [0.717, 1.165) is 22.5 Å². The Morgan fingerprint density at radius 1 is 1.13 bits per heavy atom. The number of rotatable bonds is 5. The Morgan fingerprint density at radius 3 is 2.70 bits per heavy atom. The number of alkyl halides is 3. The Bertz CT molecular complexity index is 1240. The topological polar surface area (TPSA) is 77.1 Å². The van der Waals surface area contributed by atoms with Gasteiger partial charge in [0, 0.05) is 6.20 Å². The van der Waals surface area contributed by atoms with E-state index < -0.39 is 29.8 Å². The van der Waals surface area contributed by atoms with Crippen molar-refractivity contribution in [2.24, 2.45) is 0 Å². The predicted molar refractivity (Wildman–Crippen MR) is 105 cm³/mol. The molecule has 4 aromatic rings. The van der Waals surface area contributed by atoms with Crippen molar-refractivity contribution in [1.82, 2.24) is 14.9 Å². The molecule has 6 nitrogen and oxygen atoms in total. The van der Waals surface area contributed by atoms with E-state index in [1.807, 2.05) is 24.3 Å². The summed E-state index contributed by atoms with van der Waals surface area (Å²) in [7, 11) is 0. The van der Waals surface area contributed by atoms with Gasteiger partial charge in [-0.15, -0.1) is 11.3 Å². The molecule has 0 radical (unpaired) electrons. The Hall–Kier alpha value is -3.40. The van der Waals surface area contributed by atoms with Crippen molar-refractivity contribution in [2.75, 3.05) is 0 Å². The number of carbonyl (C=O) groups excluding carboxylic acids is 1. The quantitative estimate of drug-likeness (QED) is 0.515. The van der Waals surface area contributed by atoms with Crippen LogP contribution in [0.5, 0.6) is 0 Å². The van der Waals surface area contributed by atoms with Gasteiger partial charge in [0.05, 0.1) is 16.8 Å². The number of thiazole rings is 1. The molecule has 1 aromatic carbocycles. The number of carbonyl (C=O) groups is 1. The Morgan fingerprint density at radius 2 is 1.93 bits per heavy atom. The van der Waals surface area contributed by atoms with Gasteiger partial charge in [0.2, 0.25) is 5.91 Å². The number of nitrogens with one attached hydrogen (secondary N) is 1. The minimum Gasteiger partial charge on any atom is -0.457 e. The number of furan rings is 1. The van der Waals surface area contributed by atoms with Crippen LogP contribution in [0.1, 0.15) is 11.3 Å². The molecule has 0 aliphatic rings. The second-order valence-electron chi connectivity index (χ2n) is 6.38.